The molecule has 0 spiro atoms. The molecular weight excluding hydrogens is 464 g/mol. The number of fused-ring (bicyclic) bond motifs is 2. The molecule has 3 N–H and O–H groups in total. The lowest BCUT2D eigenvalue weighted by Gasteiger charge is -2.32. The molecule has 1 aliphatic rings. The SMILES string of the molecule is Cc1cnn2c(NC3CCN(C(=O)/C=C/c4c[nH]c5ccccc45)CC3)cc(-c3ccccc3O)nc12. The molecule has 0 saturated carbocycles. The molecule has 186 valence electrons. The van der Waals surface area contributed by atoms with Crippen LogP contribution in [0.5, 0.6) is 5.75 Å². The van der Waals surface area contributed by atoms with Crippen LogP contribution in [0.25, 0.3) is 33.9 Å². The number of phenols is 1. The van der Waals surface area contributed by atoms with Crippen molar-refractivity contribution >= 4 is 34.4 Å². The maximum atomic E-state index is 12.9. The van der Waals surface area contributed by atoms with Crippen molar-refractivity contribution in [1.29, 1.82) is 0 Å². The molecule has 0 atom stereocenters. The summed E-state index contributed by atoms with van der Waals surface area (Å²) in [6, 6.07) is 17.4. The number of hydrogen-bond donors (Lipinski definition) is 3. The Morgan fingerprint density at radius 3 is 2.76 bits per heavy atom. The number of benzene rings is 2. The molecule has 3 aromatic heterocycles. The van der Waals surface area contributed by atoms with Gasteiger partial charge >= 0.3 is 0 Å². The molecule has 37 heavy (non-hydrogen) atoms. The van der Waals surface area contributed by atoms with Crippen molar-refractivity contribution < 1.29 is 9.90 Å². The van der Waals surface area contributed by atoms with Crippen LogP contribution in [0.4, 0.5) is 5.82 Å². The maximum Gasteiger partial charge on any atom is 0.246 e. The zero-order valence-corrected chi connectivity index (χ0v) is 20.6. The Balaban J connectivity index is 1.16. The number of likely N-dealkylation sites (tertiary alicyclic amines) is 1. The fourth-order valence-electron chi connectivity index (χ4n) is 4.96. The molecule has 0 radical (unpaired) electrons. The van der Waals surface area contributed by atoms with E-state index in [4.69, 9.17) is 4.98 Å². The molecule has 8 heteroatoms. The number of amides is 1. The van der Waals surface area contributed by atoms with Crippen molar-refractivity contribution in [2.24, 2.45) is 0 Å². The van der Waals surface area contributed by atoms with Crippen LogP contribution in [0.2, 0.25) is 0 Å². The highest BCUT2D eigenvalue weighted by atomic mass is 16.3. The predicted molar refractivity (Wildman–Crippen MR) is 145 cm³/mol. The smallest absolute Gasteiger partial charge is 0.246 e. The lowest BCUT2D eigenvalue weighted by molar-refractivity contribution is -0.126. The molecule has 5 aromatic rings. The Hall–Kier alpha value is -4.59. The fourth-order valence-corrected chi connectivity index (χ4v) is 4.96. The summed E-state index contributed by atoms with van der Waals surface area (Å²) in [5, 5.41) is 19.6. The van der Waals surface area contributed by atoms with Crippen molar-refractivity contribution in [3.63, 3.8) is 0 Å². The first-order valence-electron chi connectivity index (χ1n) is 12.5. The molecule has 0 bridgehead atoms. The number of carbonyl (C=O) groups is 1. The van der Waals surface area contributed by atoms with Crippen LogP contribution in [0.1, 0.15) is 24.0 Å². The zero-order valence-electron chi connectivity index (χ0n) is 20.6. The van der Waals surface area contributed by atoms with Gasteiger partial charge in [-0.3, -0.25) is 4.79 Å². The van der Waals surface area contributed by atoms with Gasteiger partial charge in [0.25, 0.3) is 0 Å². The number of aromatic nitrogens is 4. The number of nitrogens with one attached hydrogen (secondary N) is 2. The molecule has 4 heterocycles. The summed E-state index contributed by atoms with van der Waals surface area (Å²) >= 11 is 0. The molecule has 0 unspecified atom stereocenters. The highest BCUT2D eigenvalue weighted by molar-refractivity contribution is 5.96. The van der Waals surface area contributed by atoms with Gasteiger partial charge in [0.2, 0.25) is 5.91 Å². The Kier molecular flexibility index (Phi) is 5.84. The van der Waals surface area contributed by atoms with Gasteiger partial charge in [0.05, 0.1) is 11.9 Å². The van der Waals surface area contributed by atoms with Crippen molar-refractivity contribution in [3.05, 3.63) is 84.2 Å². The number of para-hydroxylation sites is 2. The van der Waals surface area contributed by atoms with Crippen molar-refractivity contribution in [2.75, 3.05) is 18.4 Å². The van der Waals surface area contributed by atoms with E-state index in [2.05, 4.69) is 21.5 Å². The van der Waals surface area contributed by atoms with Crippen LogP contribution in [-0.4, -0.2) is 54.6 Å². The van der Waals surface area contributed by atoms with Gasteiger partial charge in [-0.15, -0.1) is 0 Å². The van der Waals surface area contributed by atoms with E-state index in [9.17, 15) is 9.90 Å². The third-order valence-corrected chi connectivity index (χ3v) is 7.01. The Morgan fingerprint density at radius 2 is 1.92 bits per heavy atom. The Labute approximate surface area is 214 Å². The molecule has 1 fully saturated rings. The number of rotatable bonds is 5. The average Bonchev–Trinajstić information content (AvgIpc) is 3.51. The van der Waals surface area contributed by atoms with E-state index < -0.39 is 0 Å². The molecule has 2 aromatic carbocycles. The molecule has 1 saturated heterocycles. The summed E-state index contributed by atoms with van der Waals surface area (Å²) in [5.41, 5.74) is 5.14. The van der Waals surface area contributed by atoms with Crippen LogP contribution >= 0.6 is 0 Å². The summed E-state index contributed by atoms with van der Waals surface area (Å²) in [6.45, 7) is 3.32. The lowest BCUT2D eigenvalue weighted by Crippen LogP contribution is -2.42. The minimum absolute atomic E-state index is 0.0274. The number of anilines is 1. The topological polar surface area (TPSA) is 98.6 Å². The minimum atomic E-state index is 0.0274. The third-order valence-electron chi connectivity index (χ3n) is 7.01. The van der Waals surface area contributed by atoms with Gasteiger partial charge in [-0.25, -0.2) is 4.98 Å². The quantitative estimate of drug-likeness (QED) is 0.300. The van der Waals surface area contributed by atoms with Gasteiger partial charge in [0.15, 0.2) is 5.65 Å². The minimum Gasteiger partial charge on any atom is -0.507 e. The van der Waals surface area contributed by atoms with E-state index >= 15 is 0 Å². The molecule has 1 aliphatic heterocycles. The Morgan fingerprint density at radius 1 is 1.14 bits per heavy atom. The van der Waals surface area contributed by atoms with Crippen molar-refractivity contribution in [2.45, 2.75) is 25.8 Å². The van der Waals surface area contributed by atoms with Gasteiger partial charge in [0.1, 0.15) is 11.6 Å². The average molecular weight is 493 g/mol. The van der Waals surface area contributed by atoms with Gasteiger partial charge in [-0.1, -0.05) is 30.3 Å². The molecule has 8 nitrogen and oxygen atoms in total. The summed E-state index contributed by atoms with van der Waals surface area (Å²) in [7, 11) is 0. The predicted octanol–water partition coefficient (Wildman–Crippen LogP) is 5.01. The number of carbonyl (C=O) groups excluding carboxylic acids is 1. The van der Waals surface area contributed by atoms with E-state index in [-0.39, 0.29) is 17.7 Å². The number of aromatic hydroxyl groups is 1. The standard InChI is InChI=1S/C29H28N6O2/c1-19-17-31-35-27(16-25(33-29(19)35)23-7-3-5-9-26(23)36)32-21-12-14-34(15-13-21)28(37)11-10-20-18-30-24-8-4-2-6-22(20)24/h2-11,16-18,21,30,32,36H,12-15H2,1H3/b11-10+. The van der Waals surface area contributed by atoms with E-state index in [0.717, 1.165) is 46.3 Å². The fraction of sp³-hybridized carbons (Fsp3) is 0.207. The Bertz CT molecular complexity index is 1620. The molecule has 1 amide bonds. The third kappa shape index (κ3) is 4.42. The van der Waals surface area contributed by atoms with Gasteiger partial charge in [-0.05, 0) is 49.6 Å². The normalized spacial score (nSPS) is 14.7. The van der Waals surface area contributed by atoms with E-state index in [1.165, 1.54) is 0 Å². The number of piperidine rings is 1. The van der Waals surface area contributed by atoms with Crippen LogP contribution in [0.3, 0.4) is 0 Å². The largest absolute Gasteiger partial charge is 0.507 e. The number of hydrogen-bond acceptors (Lipinski definition) is 5. The van der Waals surface area contributed by atoms with Crippen LogP contribution in [0.15, 0.2) is 73.1 Å². The monoisotopic (exact) mass is 492 g/mol. The second-order valence-electron chi connectivity index (χ2n) is 9.47. The highest BCUT2D eigenvalue weighted by Crippen LogP contribution is 2.31. The number of nitrogens with zero attached hydrogens (tertiary/aromatic N) is 4. The summed E-state index contributed by atoms with van der Waals surface area (Å²) in [5.74, 6) is 1.04. The number of phenolic OH excluding ortho intramolecular Hbond substituents is 1. The molecule has 6 rings (SSSR count). The van der Waals surface area contributed by atoms with Gasteiger partial charge < -0.3 is 20.3 Å². The number of H-pyrrole nitrogens is 1. The summed E-state index contributed by atoms with van der Waals surface area (Å²) in [6.07, 6.45) is 8.93. The summed E-state index contributed by atoms with van der Waals surface area (Å²) in [4.78, 5) is 22.8. The molecule has 0 aliphatic carbocycles. The van der Waals surface area contributed by atoms with Crippen molar-refractivity contribution in [3.8, 4) is 17.0 Å². The molecular formula is C29H28N6O2. The van der Waals surface area contributed by atoms with Crippen LogP contribution in [0, 0.1) is 6.92 Å². The number of aromatic amines is 1. The van der Waals surface area contributed by atoms with E-state index in [0.29, 0.717) is 24.3 Å². The van der Waals surface area contributed by atoms with Gasteiger partial charge in [-0.2, -0.15) is 9.61 Å². The first kappa shape index (κ1) is 22.8. The van der Waals surface area contributed by atoms with E-state index in [1.807, 2.05) is 60.5 Å². The highest BCUT2D eigenvalue weighted by Gasteiger charge is 2.23. The van der Waals surface area contributed by atoms with Crippen LogP contribution in [-0.2, 0) is 4.79 Å². The second-order valence-corrected chi connectivity index (χ2v) is 9.47. The number of aryl methyl sites for hydroxylation is 1. The first-order valence-corrected chi connectivity index (χ1v) is 12.5. The zero-order chi connectivity index (χ0) is 25.4. The maximum absolute atomic E-state index is 12.9. The first-order chi connectivity index (χ1) is 18.1. The van der Waals surface area contributed by atoms with E-state index in [1.54, 1.807) is 28.9 Å². The lowest BCUT2D eigenvalue weighted by atomic mass is 10.0. The van der Waals surface area contributed by atoms with Crippen LogP contribution < -0.4 is 5.32 Å². The van der Waals surface area contributed by atoms with Crippen molar-refractivity contribution in [1.82, 2.24) is 24.5 Å². The summed E-state index contributed by atoms with van der Waals surface area (Å²) < 4.78 is 1.81. The van der Waals surface area contributed by atoms with Gasteiger partial charge in [0, 0.05) is 59.5 Å². The second kappa shape index (κ2) is 9.46.